The van der Waals surface area contributed by atoms with Crippen LogP contribution in [0.4, 0.5) is 0 Å². The number of para-hydroxylation sites is 1. The van der Waals surface area contributed by atoms with Gasteiger partial charge in [0.15, 0.2) is 0 Å². The van der Waals surface area contributed by atoms with Crippen molar-refractivity contribution in [2.24, 2.45) is 7.05 Å². The lowest BCUT2D eigenvalue weighted by Crippen LogP contribution is -2.24. The largest absolute Gasteiger partial charge is 0.333 e. The molecule has 3 heteroatoms. The first-order chi connectivity index (χ1) is 21.2. The molecule has 0 radical (unpaired) electrons. The van der Waals surface area contributed by atoms with Gasteiger partial charge < -0.3 is 0 Å². The van der Waals surface area contributed by atoms with Crippen LogP contribution >= 0.6 is 0 Å². The molecule has 3 nitrogen and oxygen atoms in total. The number of benzene rings is 7. The summed E-state index contributed by atoms with van der Waals surface area (Å²) in [5, 5.41) is 9.42. The molecule has 9 aromatic rings. The monoisotopic (exact) mass is 550 g/mol. The van der Waals surface area contributed by atoms with Crippen LogP contribution in [0, 0.1) is 0 Å². The molecule has 0 aliphatic heterocycles. The predicted octanol–water partition coefficient (Wildman–Crippen LogP) is 9.74. The SMILES string of the molecule is Cn1c(=O)n2c3cc(-c4c5ccccc5c(-c5ccc6ccccc6c5)c5ccccc45)ccc3cc2c2ccccc21. The molecule has 202 valence electrons. The van der Waals surface area contributed by atoms with E-state index in [0.717, 1.165) is 32.9 Å². The number of nitrogens with zero attached hydrogens (tertiary/aromatic N) is 2. The van der Waals surface area contributed by atoms with Gasteiger partial charge in [0.1, 0.15) is 0 Å². The number of hydrogen-bond donors (Lipinski definition) is 0. The molecular weight excluding hydrogens is 524 g/mol. The van der Waals surface area contributed by atoms with Crippen molar-refractivity contribution < 1.29 is 0 Å². The van der Waals surface area contributed by atoms with Gasteiger partial charge in [-0.2, -0.15) is 0 Å². The van der Waals surface area contributed by atoms with Crippen LogP contribution in [0.5, 0.6) is 0 Å². The van der Waals surface area contributed by atoms with E-state index in [2.05, 4.69) is 121 Å². The summed E-state index contributed by atoms with van der Waals surface area (Å²) in [4.78, 5) is 13.7. The van der Waals surface area contributed by atoms with Crippen molar-refractivity contribution in [2.45, 2.75) is 0 Å². The van der Waals surface area contributed by atoms with E-state index in [0.29, 0.717) is 0 Å². The highest BCUT2D eigenvalue weighted by Crippen LogP contribution is 2.44. The minimum absolute atomic E-state index is 0.0396. The third-order valence-corrected chi connectivity index (χ3v) is 9.08. The zero-order chi connectivity index (χ0) is 28.7. The van der Waals surface area contributed by atoms with Crippen molar-refractivity contribution in [2.75, 3.05) is 0 Å². The van der Waals surface area contributed by atoms with E-state index >= 15 is 0 Å². The molecule has 0 bridgehead atoms. The fourth-order valence-corrected chi connectivity index (χ4v) is 7.09. The van der Waals surface area contributed by atoms with E-state index in [4.69, 9.17) is 0 Å². The van der Waals surface area contributed by atoms with Gasteiger partial charge in [0.05, 0.1) is 16.6 Å². The number of rotatable bonds is 2. The lowest BCUT2D eigenvalue weighted by Gasteiger charge is -2.18. The Morgan fingerprint density at radius 2 is 0.930 bits per heavy atom. The molecule has 0 aliphatic carbocycles. The van der Waals surface area contributed by atoms with Crippen molar-refractivity contribution in [1.82, 2.24) is 8.97 Å². The fraction of sp³-hybridized carbons (Fsp3) is 0.0250. The standard InChI is InChI=1S/C40H26N2O/c1-41-35-17-9-8-16-34(35)37-23-27-19-21-29(24-36(27)42(37)40(41)43)39-32-14-6-4-12-30(32)38(31-13-5-7-15-33(31)39)28-20-18-25-10-2-3-11-26(25)22-28/h2-24H,1H3. The highest BCUT2D eigenvalue weighted by Gasteiger charge is 2.18. The summed E-state index contributed by atoms with van der Waals surface area (Å²) in [6.45, 7) is 0. The summed E-state index contributed by atoms with van der Waals surface area (Å²) in [6.07, 6.45) is 0. The van der Waals surface area contributed by atoms with E-state index in [1.54, 1.807) is 4.57 Å². The van der Waals surface area contributed by atoms with Crippen molar-refractivity contribution in [3.8, 4) is 22.3 Å². The number of aromatic nitrogens is 2. The van der Waals surface area contributed by atoms with Gasteiger partial charge in [-0.1, -0.05) is 115 Å². The van der Waals surface area contributed by atoms with Crippen LogP contribution in [0.3, 0.4) is 0 Å². The molecule has 9 rings (SSSR count). The van der Waals surface area contributed by atoms with Gasteiger partial charge >= 0.3 is 5.69 Å². The minimum Gasteiger partial charge on any atom is -0.296 e. The Hall–Kier alpha value is -5.67. The van der Waals surface area contributed by atoms with Crippen LogP contribution in [0.1, 0.15) is 0 Å². The zero-order valence-electron chi connectivity index (χ0n) is 23.6. The molecule has 0 amide bonds. The van der Waals surface area contributed by atoms with Crippen LogP contribution in [0.2, 0.25) is 0 Å². The average molecular weight is 551 g/mol. The van der Waals surface area contributed by atoms with E-state index < -0.39 is 0 Å². The molecule has 2 heterocycles. The van der Waals surface area contributed by atoms with Gasteiger partial charge in [-0.05, 0) is 78.8 Å². The van der Waals surface area contributed by atoms with E-state index in [-0.39, 0.29) is 5.69 Å². The second kappa shape index (κ2) is 8.91. The molecule has 0 unspecified atom stereocenters. The molecule has 0 N–H and O–H groups in total. The van der Waals surface area contributed by atoms with Crippen molar-refractivity contribution in [3.05, 3.63) is 150 Å². The van der Waals surface area contributed by atoms with Gasteiger partial charge in [0.25, 0.3) is 0 Å². The quantitative estimate of drug-likeness (QED) is 0.197. The molecule has 0 fully saturated rings. The molecule has 0 spiro atoms. The summed E-state index contributed by atoms with van der Waals surface area (Å²) < 4.78 is 3.62. The summed E-state index contributed by atoms with van der Waals surface area (Å²) in [5.41, 5.74) is 7.49. The van der Waals surface area contributed by atoms with E-state index in [1.807, 2.05) is 29.6 Å². The van der Waals surface area contributed by atoms with Crippen molar-refractivity contribution in [3.63, 3.8) is 0 Å². The van der Waals surface area contributed by atoms with Crippen LogP contribution in [-0.2, 0) is 7.05 Å². The summed E-state index contributed by atoms with van der Waals surface area (Å²) in [7, 11) is 1.85. The van der Waals surface area contributed by atoms with E-state index in [9.17, 15) is 4.79 Å². The molecular formula is C40H26N2O. The first kappa shape index (κ1) is 24.0. The Balaban J connectivity index is 1.38. The highest BCUT2D eigenvalue weighted by atomic mass is 16.1. The minimum atomic E-state index is -0.0396. The first-order valence-corrected chi connectivity index (χ1v) is 14.6. The maximum absolute atomic E-state index is 13.7. The molecule has 2 aromatic heterocycles. The second-order valence-corrected chi connectivity index (χ2v) is 11.4. The number of aryl methyl sites for hydroxylation is 1. The summed E-state index contributed by atoms with van der Waals surface area (Å²) in [6, 6.07) is 49.6. The summed E-state index contributed by atoms with van der Waals surface area (Å²) in [5.74, 6) is 0. The molecule has 0 saturated carbocycles. The van der Waals surface area contributed by atoms with Gasteiger partial charge in [-0.15, -0.1) is 0 Å². The van der Waals surface area contributed by atoms with Gasteiger partial charge in [-0.3, -0.25) is 8.97 Å². The zero-order valence-corrected chi connectivity index (χ0v) is 23.6. The second-order valence-electron chi connectivity index (χ2n) is 11.4. The van der Waals surface area contributed by atoms with Crippen LogP contribution in [-0.4, -0.2) is 8.97 Å². The van der Waals surface area contributed by atoms with Crippen LogP contribution < -0.4 is 5.69 Å². The van der Waals surface area contributed by atoms with Gasteiger partial charge in [-0.25, -0.2) is 4.79 Å². The first-order valence-electron chi connectivity index (χ1n) is 14.6. The van der Waals surface area contributed by atoms with Crippen LogP contribution in [0.15, 0.2) is 144 Å². The third kappa shape index (κ3) is 3.39. The maximum atomic E-state index is 13.7. The predicted molar refractivity (Wildman–Crippen MR) is 181 cm³/mol. The number of hydrogen-bond acceptors (Lipinski definition) is 1. The molecule has 0 aliphatic rings. The maximum Gasteiger partial charge on any atom is 0.333 e. The van der Waals surface area contributed by atoms with Crippen molar-refractivity contribution >= 4 is 59.6 Å². The Kier molecular flexibility index (Phi) is 4.97. The fourth-order valence-electron chi connectivity index (χ4n) is 7.09. The van der Waals surface area contributed by atoms with Gasteiger partial charge in [0, 0.05) is 17.8 Å². The van der Waals surface area contributed by atoms with Crippen LogP contribution in [0.25, 0.3) is 81.9 Å². The molecule has 43 heavy (non-hydrogen) atoms. The molecule has 0 atom stereocenters. The Morgan fingerprint density at radius 1 is 0.419 bits per heavy atom. The Morgan fingerprint density at radius 3 is 1.58 bits per heavy atom. The molecule has 0 saturated heterocycles. The smallest absolute Gasteiger partial charge is 0.296 e. The average Bonchev–Trinajstić information content (AvgIpc) is 3.45. The van der Waals surface area contributed by atoms with Crippen molar-refractivity contribution in [1.29, 1.82) is 0 Å². The molecule has 7 aromatic carbocycles. The normalized spacial score (nSPS) is 11.9. The van der Waals surface area contributed by atoms with E-state index in [1.165, 1.54) is 49.0 Å². The highest BCUT2D eigenvalue weighted by molar-refractivity contribution is 6.22. The Bertz CT molecular complexity index is 2600. The van der Waals surface area contributed by atoms with Gasteiger partial charge in [0.2, 0.25) is 0 Å². The topological polar surface area (TPSA) is 26.4 Å². The third-order valence-electron chi connectivity index (χ3n) is 9.08. The summed E-state index contributed by atoms with van der Waals surface area (Å²) >= 11 is 0. The lowest BCUT2D eigenvalue weighted by atomic mass is 9.85. The lowest BCUT2D eigenvalue weighted by molar-refractivity contribution is 0.838. The number of fused-ring (bicyclic) bond motifs is 8. The Labute approximate surface area is 247 Å².